The number of hydrogen-bond donors (Lipinski definition) is 1. The van der Waals surface area contributed by atoms with E-state index in [4.69, 9.17) is 0 Å². The third-order valence-corrected chi connectivity index (χ3v) is 2.50. The summed E-state index contributed by atoms with van der Waals surface area (Å²) in [5.41, 5.74) is 0.743. The van der Waals surface area contributed by atoms with E-state index in [0.717, 1.165) is 24.8 Å². The summed E-state index contributed by atoms with van der Waals surface area (Å²) in [6.07, 6.45) is 3.15. The minimum Gasteiger partial charge on any atom is -0.349 e. The Morgan fingerprint density at radius 1 is 1.27 bits per heavy atom. The van der Waals surface area contributed by atoms with Crippen LogP contribution in [0.25, 0.3) is 0 Å². The molecule has 0 fully saturated rings. The first kappa shape index (κ1) is 11.8. The minimum atomic E-state index is 0.0379. The Morgan fingerprint density at radius 3 is 2.47 bits per heavy atom. The van der Waals surface area contributed by atoms with Gasteiger partial charge in [-0.2, -0.15) is 0 Å². The maximum absolute atomic E-state index is 11.8. The number of benzene rings is 1. The van der Waals surface area contributed by atoms with Gasteiger partial charge in [0.1, 0.15) is 0 Å². The highest BCUT2D eigenvalue weighted by Gasteiger charge is 2.10. The van der Waals surface area contributed by atoms with Gasteiger partial charge >= 0.3 is 0 Å². The molecule has 1 aromatic carbocycles. The molecule has 0 spiro atoms. The summed E-state index contributed by atoms with van der Waals surface area (Å²) < 4.78 is 0. The van der Waals surface area contributed by atoms with Crippen LogP contribution in [0, 0.1) is 0 Å². The topological polar surface area (TPSA) is 29.1 Å². The average molecular weight is 205 g/mol. The molecule has 0 saturated heterocycles. The van der Waals surface area contributed by atoms with Gasteiger partial charge in [-0.05, 0) is 25.0 Å². The highest BCUT2D eigenvalue weighted by molar-refractivity contribution is 5.94. The predicted molar refractivity (Wildman–Crippen MR) is 62.9 cm³/mol. The molecule has 2 heteroatoms. The molecule has 1 N–H and O–H groups in total. The Hall–Kier alpha value is -1.31. The Kier molecular flexibility index (Phi) is 4.88. The van der Waals surface area contributed by atoms with E-state index in [9.17, 15) is 4.79 Å². The van der Waals surface area contributed by atoms with Crippen molar-refractivity contribution in [2.24, 2.45) is 0 Å². The van der Waals surface area contributed by atoms with Crippen LogP contribution < -0.4 is 5.32 Å². The van der Waals surface area contributed by atoms with Gasteiger partial charge in [-0.1, -0.05) is 38.5 Å². The SMILES string of the molecule is CCC[C@H](CC)NC(=O)c1ccccc1. The Morgan fingerprint density at radius 2 is 1.93 bits per heavy atom. The molecule has 0 saturated carbocycles. The maximum Gasteiger partial charge on any atom is 0.251 e. The fourth-order valence-electron chi connectivity index (χ4n) is 1.59. The first-order valence-corrected chi connectivity index (χ1v) is 5.63. The van der Waals surface area contributed by atoms with Crippen molar-refractivity contribution in [1.29, 1.82) is 0 Å². The standard InChI is InChI=1S/C13H19NO/c1-3-8-12(4-2)14-13(15)11-9-6-5-7-10-11/h5-7,9-10,12H,3-4,8H2,1-2H3,(H,14,15)/t12-/m0/s1. The van der Waals surface area contributed by atoms with Gasteiger partial charge in [0.25, 0.3) is 5.91 Å². The van der Waals surface area contributed by atoms with Gasteiger partial charge in [-0.3, -0.25) is 4.79 Å². The second-order valence-electron chi connectivity index (χ2n) is 3.73. The third kappa shape index (κ3) is 3.74. The summed E-state index contributed by atoms with van der Waals surface area (Å²) in [5.74, 6) is 0.0379. The molecule has 0 aliphatic heterocycles. The van der Waals surface area contributed by atoms with Gasteiger partial charge in [-0.15, -0.1) is 0 Å². The molecule has 15 heavy (non-hydrogen) atoms. The molecule has 0 heterocycles. The minimum absolute atomic E-state index is 0.0379. The number of nitrogens with one attached hydrogen (secondary N) is 1. The van der Waals surface area contributed by atoms with Crippen LogP contribution in [0.2, 0.25) is 0 Å². The van der Waals surface area contributed by atoms with E-state index in [2.05, 4.69) is 19.2 Å². The van der Waals surface area contributed by atoms with Crippen LogP contribution in [0.5, 0.6) is 0 Å². The molecule has 2 nitrogen and oxygen atoms in total. The van der Waals surface area contributed by atoms with Gasteiger partial charge in [0.2, 0.25) is 0 Å². The molecule has 1 amide bonds. The largest absolute Gasteiger partial charge is 0.349 e. The molecular formula is C13H19NO. The van der Waals surface area contributed by atoms with Crippen molar-refractivity contribution in [3.63, 3.8) is 0 Å². The molecule has 0 aromatic heterocycles. The van der Waals surface area contributed by atoms with Crippen LogP contribution in [-0.4, -0.2) is 11.9 Å². The number of carbonyl (C=O) groups is 1. The van der Waals surface area contributed by atoms with E-state index in [1.807, 2.05) is 30.3 Å². The van der Waals surface area contributed by atoms with Crippen LogP contribution in [0.3, 0.4) is 0 Å². The highest BCUT2D eigenvalue weighted by atomic mass is 16.1. The maximum atomic E-state index is 11.8. The number of hydrogen-bond acceptors (Lipinski definition) is 1. The Bertz CT molecular complexity index is 295. The lowest BCUT2D eigenvalue weighted by atomic mass is 10.1. The zero-order valence-corrected chi connectivity index (χ0v) is 9.49. The second-order valence-corrected chi connectivity index (χ2v) is 3.73. The smallest absolute Gasteiger partial charge is 0.251 e. The van der Waals surface area contributed by atoms with Crippen LogP contribution >= 0.6 is 0 Å². The van der Waals surface area contributed by atoms with E-state index in [1.54, 1.807) is 0 Å². The van der Waals surface area contributed by atoms with Gasteiger partial charge < -0.3 is 5.32 Å². The number of carbonyl (C=O) groups excluding carboxylic acids is 1. The van der Waals surface area contributed by atoms with Crippen molar-refractivity contribution < 1.29 is 4.79 Å². The molecule has 1 atom stereocenters. The number of amides is 1. The summed E-state index contributed by atoms with van der Waals surface area (Å²) in [4.78, 5) is 11.8. The zero-order valence-electron chi connectivity index (χ0n) is 9.49. The van der Waals surface area contributed by atoms with Crippen molar-refractivity contribution in [2.75, 3.05) is 0 Å². The van der Waals surface area contributed by atoms with Gasteiger partial charge in [0, 0.05) is 11.6 Å². The van der Waals surface area contributed by atoms with Crippen LogP contribution in [0.4, 0.5) is 0 Å². The van der Waals surface area contributed by atoms with E-state index in [1.165, 1.54) is 0 Å². The highest BCUT2D eigenvalue weighted by Crippen LogP contribution is 2.04. The van der Waals surface area contributed by atoms with Gasteiger partial charge in [0.05, 0.1) is 0 Å². The summed E-state index contributed by atoms with van der Waals surface area (Å²) in [6.45, 7) is 4.24. The van der Waals surface area contributed by atoms with Gasteiger partial charge in [0.15, 0.2) is 0 Å². The fourth-order valence-corrected chi connectivity index (χ4v) is 1.59. The number of rotatable bonds is 5. The average Bonchev–Trinajstić information content (AvgIpc) is 2.29. The predicted octanol–water partition coefficient (Wildman–Crippen LogP) is 3.00. The monoisotopic (exact) mass is 205 g/mol. The van der Waals surface area contributed by atoms with Crippen LogP contribution in [0.15, 0.2) is 30.3 Å². The summed E-state index contributed by atoms with van der Waals surface area (Å²) in [5, 5.41) is 3.04. The van der Waals surface area contributed by atoms with E-state index in [0.29, 0.717) is 6.04 Å². The third-order valence-electron chi connectivity index (χ3n) is 2.50. The van der Waals surface area contributed by atoms with Crippen molar-refractivity contribution in [2.45, 2.75) is 39.2 Å². The zero-order chi connectivity index (χ0) is 11.1. The quantitative estimate of drug-likeness (QED) is 0.786. The van der Waals surface area contributed by atoms with Crippen LogP contribution in [0.1, 0.15) is 43.5 Å². The Balaban J connectivity index is 2.55. The van der Waals surface area contributed by atoms with Crippen molar-refractivity contribution in [3.05, 3.63) is 35.9 Å². The molecule has 82 valence electrons. The molecule has 1 aromatic rings. The molecular weight excluding hydrogens is 186 g/mol. The summed E-state index contributed by atoms with van der Waals surface area (Å²) in [7, 11) is 0. The van der Waals surface area contributed by atoms with Crippen LogP contribution in [-0.2, 0) is 0 Å². The van der Waals surface area contributed by atoms with E-state index in [-0.39, 0.29) is 5.91 Å². The second kappa shape index (κ2) is 6.23. The van der Waals surface area contributed by atoms with Crippen molar-refractivity contribution in [3.8, 4) is 0 Å². The summed E-state index contributed by atoms with van der Waals surface area (Å²) in [6, 6.07) is 9.68. The van der Waals surface area contributed by atoms with E-state index < -0.39 is 0 Å². The molecule has 0 bridgehead atoms. The first-order valence-electron chi connectivity index (χ1n) is 5.63. The molecule has 0 radical (unpaired) electrons. The lowest BCUT2D eigenvalue weighted by Gasteiger charge is -2.15. The lowest BCUT2D eigenvalue weighted by molar-refractivity contribution is 0.0933. The van der Waals surface area contributed by atoms with Crippen molar-refractivity contribution >= 4 is 5.91 Å². The molecule has 0 unspecified atom stereocenters. The van der Waals surface area contributed by atoms with Gasteiger partial charge in [-0.25, -0.2) is 0 Å². The lowest BCUT2D eigenvalue weighted by Crippen LogP contribution is -2.34. The first-order chi connectivity index (χ1) is 7.27. The molecule has 0 aliphatic rings. The van der Waals surface area contributed by atoms with E-state index >= 15 is 0 Å². The molecule has 0 aliphatic carbocycles. The normalized spacial score (nSPS) is 12.1. The fraction of sp³-hybridized carbons (Fsp3) is 0.462. The van der Waals surface area contributed by atoms with Crippen molar-refractivity contribution in [1.82, 2.24) is 5.32 Å². The Labute approximate surface area is 91.7 Å². The molecule has 1 rings (SSSR count). The summed E-state index contributed by atoms with van der Waals surface area (Å²) >= 11 is 0.